The Morgan fingerprint density at radius 2 is 2.16 bits per heavy atom. The Morgan fingerprint density at radius 3 is 2.84 bits per heavy atom. The largest absolute Gasteiger partial charge is 0.457 e. The Hall–Kier alpha value is -1.55. The molecule has 104 valence electrons. The number of aliphatic imine (C=N–C) groups is 1. The lowest BCUT2D eigenvalue weighted by atomic mass is 10.3. The van der Waals surface area contributed by atoms with Gasteiger partial charge in [-0.3, -0.25) is 4.90 Å². The number of amidine groups is 1. The highest BCUT2D eigenvalue weighted by Gasteiger charge is 2.30. The third-order valence-corrected chi connectivity index (χ3v) is 3.07. The van der Waals surface area contributed by atoms with E-state index >= 15 is 0 Å². The minimum absolute atomic E-state index is 0.0607. The number of rotatable bonds is 6. The summed E-state index contributed by atoms with van der Waals surface area (Å²) in [5, 5.41) is 0. The van der Waals surface area contributed by atoms with E-state index in [4.69, 9.17) is 9.47 Å². The highest BCUT2D eigenvalue weighted by molar-refractivity contribution is 5.93. The van der Waals surface area contributed by atoms with Crippen molar-refractivity contribution in [2.24, 2.45) is 4.99 Å². The molecule has 0 amide bonds. The van der Waals surface area contributed by atoms with Gasteiger partial charge >= 0.3 is 0 Å². The molecule has 0 aliphatic carbocycles. The SMILES string of the molecule is CCCCN=C1OC(COC)CN1c1ccccc1. The van der Waals surface area contributed by atoms with Crippen molar-refractivity contribution in [3.63, 3.8) is 0 Å². The molecule has 1 fully saturated rings. The number of methoxy groups -OCH3 is 1. The molecule has 2 rings (SSSR count). The molecule has 0 spiro atoms. The first-order valence-electron chi connectivity index (χ1n) is 6.87. The Balaban J connectivity index is 2.11. The van der Waals surface area contributed by atoms with E-state index in [0.29, 0.717) is 6.61 Å². The van der Waals surface area contributed by atoms with Crippen molar-refractivity contribution in [3.8, 4) is 0 Å². The van der Waals surface area contributed by atoms with Gasteiger partial charge in [-0.05, 0) is 18.6 Å². The van der Waals surface area contributed by atoms with Crippen LogP contribution in [0, 0.1) is 0 Å². The zero-order valence-electron chi connectivity index (χ0n) is 11.7. The normalized spacial score (nSPS) is 20.8. The average Bonchev–Trinajstić information content (AvgIpc) is 2.84. The molecule has 0 N–H and O–H groups in total. The molecule has 1 atom stereocenters. The number of ether oxygens (including phenoxy) is 2. The lowest BCUT2D eigenvalue weighted by Gasteiger charge is -2.15. The van der Waals surface area contributed by atoms with E-state index in [9.17, 15) is 0 Å². The molecule has 4 nitrogen and oxygen atoms in total. The van der Waals surface area contributed by atoms with Gasteiger partial charge in [0.1, 0.15) is 6.10 Å². The summed E-state index contributed by atoms with van der Waals surface area (Å²) in [7, 11) is 1.70. The summed E-state index contributed by atoms with van der Waals surface area (Å²) in [6.07, 6.45) is 2.29. The van der Waals surface area contributed by atoms with Gasteiger partial charge in [0.2, 0.25) is 0 Å². The number of nitrogens with zero attached hydrogens (tertiary/aromatic N) is 2. The van der Waals surface area contributed by atoms with Gasteiger partial charge in [0, 0.05) is 19.3 Å². The number of hydrogen-bond acceptors (Lipinski definition) is 3. The summed E-state index contributed by atoms with van der Waals surface area (Å²) in [6, 6.07) is 11.0. The van der Waals surface area contributed by atoms with E-state index in [1.807, 2.05) is 18.2 Å². The van der Waals surface area contributed by atoms with Crippen LogP contribution in [0.1, 0.15) is 19.8 Å². The fourth-order valence-corrected chi connectivity index (χ4v) is 2.08. The smallest absolute Gasteiger partial charge is 0.292 e. The minimum atomic E-state index is 0.0607. The van der Waals surface area contributed by atoms with Crippen LogP contribution in [-0.2, 0) is 9.47 Å². The van der Waals surface area contributed by atoms with Crippen LogP contribution >= 0.6 is 0 Å². The number of unbranched alkanes of at least 4 members (excludes halogenated alkanes) is 1. The van der Waals surface area contributed by atoms with Crippen LogP contribution < -0.4 is 4.90 Å². The molecule has 1 unspecified atom stereocenters. The van der Waals surface area contributed by atoms with Crippen LogP contribution in [0.2, 0.25) is 0 Å². The molecule has 0 radical (unpaired) electrons. The minimum Gasteiger partial charge on any atom is -0.457 e. The van der Waals surface area contributed by atoms with Gasteiger partial charge in [0.15, 0.2) is 0 Å². The quantitative estimate of drug-likeness (QED) is 0.739. The van der Waals surface area contributed by atoms with Crippen LogP contribution in [0.5, 0.6) is 0 Å². The van der Waals surface area contributed by atoms with Gasteiger partial charge in [-0.2, -0.15) is 0 Å². The first kappa shape index (κ1) is 13.9. The van der Waals surface area contributed by atoms with Crippen LogP contribution in [-0.4, -0.2) is 38.9 Å². The molecular formula is C15H22N2O2. The highest BCUT2D eigenvalue weighted by Crippen LogP contribution is 2.21. The first-order chi connectivity index (χ1) is 9.35. The molecule has 19 heavy (non-hydrogen) atoms. The van der Waals surface area contributed by atoms with Crippen molar-refractivity contribution in [1.82, 2.24) is 0 Å². The van der Waals surface area contributed by atoms with Crippen molar-refractivity contribution in [2.75, 3.05) is 31.7 Å². The zero-order chi connectivity index (χ0) is 13.5. The first-order valence-corrected chi connectivity index (χ1v) is 6.87. The number of hydrogen-bond donors (Lipinski definition) is 0. The molecule has 1 heterocycles. The zero-order valence-corrected chi connectivity index (χ0v) is 11.7. The predicted octanol–water partition coefficient (Wildman–Crippen LogP) is 2.69. The summed E-state index contributed by atoms with van der Waals surface area (Å²) in [4.78, 5) is 6.69. The molecule has 0 aromatic heterocycles. The van der Waals surface area contributed by atoms with Crippen molar-refractivity contribution in [3.05, 3.63) is 30.3 Å². The number of anilines is 1. The van der Waals surface area contributed by atoms with E-state index in [0.717, 1.165) is 37.6 Å². The summed E-state index contributed by atoms with van der Waals surface area (Å²) < 4.78 is 11.0. The Morgan fingerprint density at radius 1 is 1.37 bits per heavy atom. The Labute approximate surface area is 115 Å². The van der Waals surface area contributed by atoms with Gasteiger partial charge in [-0.15, -0.1) is 0 Å². The third kappa shape index (κ3) is 3.70. The van der Waals surface area contributed by atoms with Gasteiger partial charge in [0.05, 0.1) is 13.2 Å². The lowest BCUT2D eigenvalue weighted by Crippen LogP contribution is -2.26. The third-order valence-electron chi connectivity index (χ3n) is 3.07. The fourth-order valence-electron chi connectivity index (χ4n) is 2.08. The van der Waals surface area contributed by atoms with Crippen molar-refractivity contribution < 1.29 is 9.47 Å². The topological polar surface area (TPSA) is 34.1 Å². The summed E-state index contributed by atoms with van der Waals surface area (Å²) in [6.45, 7) is 4.37. The van der Waals surface area contributed by atoms with E-state index in [1.165, 1.54) is 0 Å². The summed E-state index contributed by atoms with van der Waals surface area (Å²) in [5.41, 5.74) is 1.12. The molecule has 1 aliphatic heterocycles. The van der Waals surface area contributed by atoms with Gasteiger partial charge in [0.25, 0.3) is 6.02 Å². The van der Waals surface area contributed by atoms with E-state index in [2.05, 4.69) is 28.9 Å². The van der Waals surface area contributed by atoms with Gasteiger partial charge < -0.3 is 9.47 Å². The van der Waals surface area contributed by atoms with E-state index in [-0.39, 0.29) is 6.10 Å². The standard InChI is InChI=1S/C15H22N2O2/c1-3-4-10-16-15-17(11-14(19-15)12-18-2)13-8-6-5-7-9-13/h5-9,14H,3-4,10-12H2,1-2H3. The van der Waals surface area contributed by atoms with Crippen molar-refractivity contribution in [1.29, 1.82) is 0 Å². The molecular weight excluding hydrogens is 240 g/mol. The molecule has 1 saturated heterocycles. The maximum Gasteiger partial charge on any atom is 0.292 e. The van der Waals surface area contributed by atoms with Crippen LogP contribution in [0.3, 0.4) is 0 Å². The second-order valence-electron chi connectivity index (χ2n) is 4.66. The molecule has 0 saturated carbocycles. The monoisotopic (exact) mass is 262 g/mol. The maximum absolute atomic E-state index is 5.87. The van der Waals surface area contributed by atoms with Crippen molar-refractivity contribution in [2.45, 2.75) is 25.9 Å². The summed E-state index contributed by atoms with van der Waals surface area (Å²) in [5.74, 6) is 0. The Kier molecular flexibility index (Phi) is 5.21. The second kappa shape index (κ2) is 7.14. The lowest BCUT2D eigenvalue weighted by molar-refractivity contribution is 0.0944. The van der Waals surface area contributed by atoms with Gasteiger partial charge in [-0.25, -0.2) is 4.99 Å². The summed E-state index contributed by atoms with van der Waals surface area (Å²) >= 11 is 0. The molecule has 1 aromatic rings. The predicted molar refractivity (Wildman–Crippen MR) is 77.7 cm³/mol. The molecule has 1 aliphatic rings. The molecule has 1 aromatic carbocycles. The highest BCUT2D eigenvalue weighted by atomic mass is 16.6. The van der Waals surface area contributed by atoms with E-state index in [1.54, 1.807) is 7.11 Å². The molecule has 0 bridgehead atoms. The van der Waals surface area contributed by atoms with E-state index < -0.39 is 0 Å². The van der Waals surface area contributed by atoms with Crippen LogP contribution in [0.4, 0.5) is 5.69 Å². The van der Waals surface area contributed by atoms with Crippen LogP contribution in [0.25, 0.3) is 0 Å². The molecule has 4 heteroatoms. The number of benzene rings is 1. The van der Waals surface area contributed by atoms with Gasteiger partial charge in [-0.1, -0.05) is 31.5 Å². The Bertz CT molecular complexity index is 406. The van der Waals surface area contributed by atoms with Crippen molar-refractivity contribution >= 4 is 11.7 Å². The van der Waals surface area contributed by atoms with Crippen LogP contribution in [0.15, 0.2) is 35.3 Å². The second-order valence-corrected chi connectivity index (χ2v) is 4.66. The fraction of sp³-hybridized carbons (Fsp3) is 0.533. The average molecular weight is 262 g/mol. The number of para-hydroxylation sites is 1. The maximum atomic E-state index is 5.87.